The van der Waals surface area contributed by atoms with Crippen LogP contribution in [0.4, 0.5) is 10.1 Å². The number of anilines is 1. The SMILES string of the molecule is CC(C)CN(c1cccc(F)c1C#N)C(C)C. The van der Waals surface area contributed by atoms with Crippen LogP contribution >= 0.6 is 0 Å². The van der Waals surface area contributed by atoms with E-state index < -0.39 is 5.82 Å². The van der Waals surface area contributed by atoms with Crippen molar-refractivity contribution in [2.75, 3.05) is 11.4 Å². The van der Waals surface area contributed by atoms with Gasteiger partial charge in [-0.25, -0.2) is 4.39 Å². The summed E-state index contributed by atoms with van der Waals surface area (Å²) in [6.45, 7) is 9.14. The Morgan fingerprint density at radius 1 is 1.29 bits per heavy atom. The lowest BCUT2D eigenvalue weighted by Gasteiger charge is -2.31. The summed E-state index contributed by atoms with van der Waals surface area (Å²) in [5.41, 5.74) is 0.832. The molecular formula is C14H19FN2. The van der Waals surface area contributed by atoms with Crippen molar-refractivity contribution in [2.45, 2.75) is 33.7 Å². The lowest BCUT2D eigenvalue weighted by molar-refractivity contribution is 0.566. The molecule has 0 spiro atoms. The molecule has 0 fully saturated rings. The van der Waals surface area contributed by atoms with Crippen LogP contribution in [0.25, 0.3) is 0 Å². The van der Waals surface area contributed by atoms with E-state index in [4.69, 9.17) is 5.26 Å². The molecular weight excluding hydrogens is 215 g/mol. The monoisotopic (exact) mass is 234 g/mol. The van der Waals surface area contributed by atoms with Crippen LogP contribution < -0.4 is 4.90 Å². The number of benzene rings is 1. The number of nitriles is 1. The number of nitrogens with zero attached hydrogens (tertiary/aromatic N) is 2. The molecule has 0 radical (unpaired) electrons. The summed E-state index contributed by atoms with van der Waals surface area (Å²) in [7, 11) is 0. The van der Waals surface area contributed by atoms with E-state index in [1.807, 2.05) is 12.1 Å². The van der Waals surface area contributed by atoms with Crippen LogP contribution in [0.2, 0.25) is 0 Å². The first-order valence-electron chi connectivity index (χ1n) is 5.92. The molecule has 0 amide bonds. The molecule has 0 heterocycles. The van der Waals surface area contributed by atoms with Gasteiger partial charge in [0.1, 0.15) is 17.4 Å². The predicted octanol–water partition coefficient (Wildman–Crippen LogP) is 3.57. The van der Waals surface area contributed by atoms with Gasteiger partial charge in [0.15, 0.2) is 0 Å². The van der Waals surface area contributed by atoms with Crippen molar-refractivity contribution in [3.8, 4) is 6.07 Å². The van der Waals surface area contributed by atoms with E-state index in [0.29, 0.717) is 11.6 Å². The van der Waals surface area contributed by atoms with E-state index in [-0.39, 0.29) is 11.6 Å². The van der Waals surface area contributed by atoms with E-state index in [1.54, 1.807) is 6.07 Å². The number of hydrogen-bond donors (Lipinski definition) is 0. The predicted molar refractivity (Wildman–Crippen MR) is 68.4 cm³/mol. The van der Waals surface area contributed by atoms with Crippen LogP contribution in [0.1, 0.15) is 33.3 Å². The van der Waals surface area contributed by atoms with Crippen LogP contribution in [0.15, 0.2) is 18.2 Å². The first-order chi connectivity index (χ1) is 7.97. The topological polar surface area (TPSA) is 27.0 Å². The van der Waals surface area contributed by atoms with Gasteiger partial charge in [-0.2, -0.15) is 5.26 Å². The Balaban J connectivity index is 3.19. The summed E-state index contributed by atoms with van der Waals surface area (Å²) < 4.78 is 13.6. The van der Waals surface area contributed by atoms with E-state index >= 15 is 0 Å². The zero-order valence-electron chi connectivity index (χ0n) is 10.9. The average Bonchev–Trinajstić information content (AvgIpc) is 2.25. The van der Waals surface area contributed by atoms with Crippen LogP contribution in [0.3, 0.4) is 0 Å². The van der Waals surface area contributed by atoms with Crippen molar-refractivity contribution in [2.24, 2.45) is 5.92 Å². The Kier molecular flexibility index (Phi) is 4.51. The average molecular weight is 234 g/mol. The van der Waals surface area contributed by atoms with Gasteiger partial charge < -0.3 is 4.90 Å². The van der Waals surface area contributed by atoms with Gasteiger partial charge in [0.2, 0.25) is 0 Å². The molecule has 0 N–H and O–H groups in total. The molecule has 17 heavy (non-hydrogen) atoms. The summed E-state index contributed by atoms with van der Waals surface area (Å²) in [6, 6.07) is 6.99. The van der Waals surface area contributed by atoms with E-state index in [2.05, 4.69) is 32.6 Å². The minimum Gasteiger partial charge on any atom is -0.368 e. The third-order valence-corrected chi connectivity index (χ3v) is 2.60. The van der Waals surface area contributed by atoms with Gasteiger partial charge in [-0.15, -0.1) is 0 Å². The maximum absolute atomic E-state index is 13.6. The molecule has 92 valence electrons. The van der Waals surface area contributed by atoms with E-state index in [9.17, 15) is 4.39 Å². The zero-order valence-corrected chi connectivity index (χ0v) is 10.9. The molecule has 1 rings (SSSR count). The molecule has 2 nitrogen and oxygen atoms in total. The highest BCUT2D eigenvalue weighted by Gasteiger charge is 2.17. The van der Waals surface area contributed by atoms with Gasteiger partial charge in [-0.1, -0.05) is 19.9 Å². The molecule has 1 aromatic rings. The normalized spacial score (nSPS) is 10.7. The Labute approximate surface area is 103 Å². The molecule has 0 aliphatic carbocycles. The fourth-order valence-corrected chi connectivity index (χ4v) is 1.84. The number of halogens is 1. The summed E-state index contributed by atoms with van der Waals surface area (Å²) in [6.07, 6.45) is 0. The highest BCUT2D eigenvalue weighted by atomic mass is 19.1. The fourth-order valence-electron chi connectivity index (χ4n) is 1.84. The fraction of sp³-hybridized carbons (Fsp3) is 0.500. The van der Waals surface area contributed by atoms with Gasteiger partial charge >= 0.3 is 0 Å². The van der Waals surface area contributed by atoms with E-state index in [0.717, 1.165) is 6.54 Å². The summed E-state index contributed by atoms with van der Waals surface area (Å²) in [4.78, 5) is 2.08. The van der Waals surface area contributed by atoms with Crippen molar-refractivity contribution in [1.29, 1.82) is 5.26 Å². The molecule has 0 atom stereocenters. The molecule has 0 aromatic heterocycles. The van der Waals surface area contributed by atoms with Gasteiger partial charge in [-0.3, -0.25) is 0 Å². The van der Waals surface area contributed by atoms with Gasteiger partial charge in [0.05, 0.1) is 5.69 Å². The summed E-state index contributed by atoms with van der Waals surface area (Å²) >= 11 is 0. The molecule has 0 unspecified atom stereocenters. The quantitative estimate of drug-likeness (QED) is 0.796. The summed E-state index contributed by atoms with van der Waals surface area (Å²) in [5, 5.41) is 9.05. The molecule has 0 saturated carbocycles. The first kappa shape index (κ1) is 13.5. The molecule has 0 aliphatic heterocycles. The third kappa shape index (κ3) is 3.20. The highest BCUT2D eigenvalue weighted by molar-refractivity contribution is 5.60. The van der Waals surface area contributed by atoms with Gasteiger partial charge in [0, 0.05) is 12.6 Å². The number of rotatable bonds is 4. The van der Waals surface area contributed by atoms with Crippen molar-refractivity contribution in [1.82, 2.24) is 0 Å². The second kappa shape index (κ2) is 5.67. The largest absolute Gasteiger partial charge is 0.368 e. The van der Waals surface area contributed by atoms with Crippen molar-refractivity contribution in [3.63, 3.8) is 0 Å². The highest BCUT2D eigenvalue weighted by Crippen LogP contribution is 2.25. The van der Waals surface area contributed by atoms with Gasteiger partial charge in [-0.05, 0) is 31.9 Å². The second-order valence-corrected chi connectivity index (χ2v) is 4.89. The Morgan fingerprint density at radius 2 is 1.94 bits per heavy atom. The standard InChI is InChI=1S/C14H19FN2/c1-10(2)9-17(11(3)4)14-7-5-6-13(15)12(14)8-16/h5-7,10-11H,9H2,1-4H3. The van der Waals surface area contributed by atoms with Crippen LogP contribution in [-0.4, -0.2) is 12.6 Å². The van der Waals surface area contributed by atoms with Crippen molar-refractivity contribution >= 4 is 5.69 Å². The smallest absolute Gasteiger partial charge is 0.143 e. The number of hydrogen-bond acceptors (Lipinski definition) is 2. The second-order valence-electron chi connectivity index (χ2n) is 4.89. The summed E-state index contributed by atoms with van der Waals surface area (Å²) in [5.74, 6) is 0.0200. The van der Waals surface area contributed by atoms with Crippen LogP contribution in [0.5, 0.6) is 0 Å². The van der Waals surface area contributed by atoms with Crippen LogP contribution in [-0.2, 0) is 0 Å². The lowest BCUT2D eigenvalue weighted by atomic mass is 10.1. The molecule has 3 heteroatoms. The van der Waals surface area contributed by atoms with Crippen molar-refractivity contribution < 1.29 is 4.39 Å². The third-order valence-electron chi connectivity index (χ3n) is 2.60. The molecule has 0 saturated heterocycles. The first-order valence-corrected chi connectivity index (χ1v) is 5.92. The van der Waals surface area contributed by atoms with E-state index in [1.165, 1.54) is 6.07 Å². The Bertz CT molecular complexity index is 419. The molecule has 0 bridgehead atoms. The van der Waals surface area contributed by atoms with Crippen molar-refractivity contribution in [3.05, 3.63) is 29.6 Å². The minimum absolute atomic E-state index is 0.141. The minimum atomic E-state index is -0.445. The lowest BCUT2D eigenvalue weighted by Crippen LogP contribution is -2.34. The Hall–Kier alpha value is -1.56. The molecule has 1 aromatic carbocycles. The maximum atomic E-state index is 13.6. The zero-order chi connectivity index (χ0) is 13.0. The maximum Gasteiger partial charge on any atom is 0.143 e. The van der Waals surface area contributed by atoms with Crippen LogP contribution in [0, 0.1) is 23.1 Å². The van der Waals surface area contributed by atoms with Gasteiger partial charge in [0.25, 0.3) is 0 Å². The Morgan fingerprint density at radius 3 is 2.41 bits per heavy atom. The molecule has 0 aliphatic rings.